The fraction of sp³-hybridized carbons (Fsp3) is 0.0156. The zero-order valence-corrected chi connectivity index (χ0v) is 35.9. The average molecular weight is 828 g/mol. The van der Waals surface area contributed by atoms with E-state index in [1.807, 2.05) is 12.4 Å². The third kappa shape index (κ3) is 7.97. The molecule has 0 saturated carbocycles. The normalized spacial score (nSPS) is 12.7. The van der Waals surface area contributed by atoms with Gasteiger partial charge in [0, 0.05) is 18.3 Å². The van der Waals surface area contributed by atoms with Crippen molar-refractivity contribution >= 4 is 22.3 Å². The highest BCUT2D eigenvalue weighted by Gasteiger charge is 2.38. The van der Waals surface area contributed by atoms with Gasteiger partial charge >= 0.3 is 0 Å². The summed E-state index contributed by atoms with van der Waals surface area (Å²) in [6.07, 6.45) is 3.73. The number of aromatic nitrogens is 1. The van der Waals surface area contributed by atoms with Crippen LogP contribution in [0, 0.1) is 0 Å². The topological polar surface area (TPSA) is 12.9 Å². The van der Waals surface area contributed by atoms with E-state index in [1.165, 1.54) is 94.6 Å². The number of rotatable bonds is 10. The summed E-state index contributed by atoms with van der Waals surface area (Å²) in [5.74, 6) is -0.0979. The Bertz CT molecular complexity index is 3060. The van der Waals surface area contributed by atoms with Crippen molar-refractivity contribution in [2.24, 2.45) is 0 Å². The molecule has 0 aliphatic heterocycles. The average Bonchev–Trinajstić information content (AvgIpc) is 3.76. The highest BCUT2D eigenvalue weighted by atomic mass is 14.6. The van der Waals surface area contributed by atoms with Gasteiger partial charge in [-0.1, -0.05) is 243 Å². The van der Waals surface area contributed by atoms with E-state index < -0.39 is 0 Å². The van der Waals surface area contributed by atoms with Crippen LogP contribution in [-0.2, 0) is 0 Å². The van der Waals surface area contributed by atoms with E-state index in [9.17, 15) is 0 Å². The molecule has 10 aromatic rings. The number of allylic oxidation sites excluding steroid dienone is 4. The van der Waals surface area contributed by atoms with E-state index in [4.69, 9.17) is 0 Å². The van der Waals surface area contributed by atoms with Crippen molar-refractivity contribution in [1.82, 2.24) is 4.98 Å². The van der Waals surface area contributed by atoms with Crippen LogP contribution in [0.2, 0.25) is 0 Å². The molecule has 306 valence electrons. The molecule has 0 saturated heterocycles. The molecule has 65 heavy (non-hydrogen) atoms. The van der Waals surface area contributed by atoms with Gasteiger partial charge in [0.25, 0.3) is 0 Å². The Balaban J connectivity index is 1.18. The molecule has 1 heterocycles. The number of pyridine rings is 1. The van der Waals surface area contributed by atoms with Crippen LogP contribution in [-0.4, -0.2) is 4.98 Å². The van der Waals surface area contributed by atoms with Crippen molar-refractivity contribution in [2.45, 2.75) is 5.92 Å². The minimum absolute atomic E-state index is 0.0979. The second kappa shape index (κ2) is 17.8. The van der Waals surface area contributed by atoms with Crippen molar-refractivity contribution in [3.8, 4) is 55.6 Å². The predicted octanol–water partition coefficient (Wildman–Crippen LogP) is 16.7. The van der Waals surface area contributed by atoms with Crippen molar-refractivity contribution < 1.29 is 0 Å². The van der Waals surface area contributed by atoms with Crippen molar-refractivity contribution in [3.63, 3.8) is 0 Å². The number of benzene rings is 9. The van der Waals surface area contributed by atoms with Gasteiger partial charge in [-0.15, -0.1) is 0 Å². The lowest BCUT2D eigenvalue weighted by Crippen LogP contribution is -2.03. The molecule has 1 heteroatoms. The molecule has 0 unspecified atom stereocenters. The number of hydrogen-bond acceptors (Lipinski definition) is 1. The van der Waals surface area contributed by atoms with Gasteiger partial charge in [-0.2, -0.15) is 0 Å². The van der Waals surface area contributed by atoms with E-state index in [0.29, 0.717) is 0 Å². The van der Waals surface area contributed by atoms with Crippen LogP contribution >= 0.6 is 0 Å². The Hall–Kier alpha value is -8.39. The van der Waals surface area contributed by atoms with Crippen LogP contribution in [0.5, 0.6) is 0 Å². The standard InChI is InChI=1S/C64H45N/c1-5-13-45(14-6-1)49-21-31-55(32-22-49)60-61(56-33-23-50(24-34-56)46-15-7-2-8-16-46)63(58-37-27-52(28-38-58)48-19-11-4-12-20-48)64(59-39-29-53(30-40-59)54-41-43-65-44-42-54)62(60)57-35-25-51(26-36-57)47-17-9-3-10-18-47/h1-44,64H. The first kappa shape index (κ1) is 39.5. The lowest BCUT2D eigenvalue weighted by molar-refractivity contribution is 1.14. The van der Waals surface area contributed by atoms with Gasteiger partial charge in [0.15, 0.2) is 0 Å². The van der Waals surface area contributed by atoms with Gasteiger partial charge in [-0.3, -0.25) is 4.98 Å². The molecule has 0 radical (unpaired) electrons. The largest absolute Gasteiger partial charge is 0.265 e. The van der Waals surface area contributed by atoms with Gasteiger partial charge in [0.2, 0.25) is 0 Å². The Kier molecular flexibility index (Phi) is 10.8. The van der Waals surface area contributed by atoms with Gasteiger partial charge in [0.05, 0.1) is 0 Å². The van der Waals surface area contributed by atoms with E-state index in [1.54, 1.807) is 0 Å². The third-order valence-electron chi connectivity index (χ3n) is 12.8. The fourth-order valence-corrected chi connectivity index (χ4v) is 9.54. The van der Waals surface area contributed by atoms with Gasteiger partial charge in [-0.05, 0) is 118 Å². The minimum Gasteiger partial charge on any atom is -0.265 e. The van der Waals surface area contributed by atoms with Crippen LogP contribution in [0.1, 0.15) is 33.7 Å². The summed E-state index contributed by atoms with van der Waals surface area (Å²) in [5.41, 5.74) is 23.0. The molecule has 11 rings (SSSR count). The quantitative estimate of drug-likeness (QED) is 0.134. The van der Waals surface area contributed by atoms with E-state index in [0.717, 1.165) is 11.1 Å². The monoisotopic (exact) mass is 827 g/mol. The first-order valence-corrected chi connectivity index (χ1v) is 22.4. The van der Waals surface area contributed by atoms with Crippen molar-refractivity contribution in [3.05, 3.63) is 295 Å². The lowest BCUT2D eigenvalue weighted by atomic mass is 9.80. The SMILES string of the molecule is c1ccc(-c2ccc(C3=C(c4ccc(-c5ccccc5)cc4)C(c4ccc(-c5ccncc5)cc4)C(c4ccc(-c5ccccc5)cc4)=C3c3ccc(-c4ccccc4)cc3)cc2)cc1. The highest BCUT2D eigenvalue weighted by Crippen LogP contribution is 2.59. The van der Waals surface area contributed by atoms with E-state index >= 15 is 0 Å². The smallest absolute Gasteiger partial charge is 0.0364 e. The third-order valence-corrected chi connectivity index (χ3v) is 12.8. The lowest BCUT2D eigenvalue weighted by Gasteiger charge is -2.23. The maximum Gasteiger partial charge on any atom is 0.0364 e. The first-order chi connectivity index (χ1) is 32.2. The van der Waals surface area contributed by atoms with Gasteiger partial charge in [-0.25, -0.2) is 0 Å². The van der Waals surface area contributed by atoms with Gasteiger partial charge < -0.3 is 0 Å². The molecular formula is C64H45N. The zero-order valence-electron chi connectivity index (χ0n) is 35.9. The van der Waals surface area contributed by atoms with Crippen LogP contribution in [0.4, 0.5) is 0 Å². The molecule has 1 aromatic heterocycles. The maximum absolute atomic E-state index is 4.30. The summed E-state index contributed by atoms with van der Waals surface area (Å²) in [4.78, 5) is 4.30. The highest BCUT2D eigenvalue weighted by molar-refractivity contribution is 6.30. The second-order valence-electron chi connectivity index (χ2n) is 16.6. The van der Waals surface area contributed by atoms with Crippen LogP contribution in [0.25, 0.3) is 77.9 Å². The minimum atomic E-state index is -0.0979. The summed E-state index contributed by atoms with van der Waals surface area (Å²) in [7, 11) is 0. The predicted molar refractivity (Wildman–Crippen MR) is 274 cm³/mol. The zero-order chi connectivity index (χ0) is 43.4. The maximum atomic E-state index is 4.30. The Morgan fingerprint density at radius 2 is 0.431 bits per heavy atom. The van der Waals surface area contributed by atoms with Crippen LogP contribution in [0.15, 0.2) is 267 Å². The summed E-state index contributed by atoms with van der Waals surface area (Å²) in [6, 6.07) is 93.1. The van der Waals surface area contributed by atoms with Crippen molar-refractivity contribution in [2.75, 3.05) is 0 Å². The summed E-state index contributed by atoms with van der Waals surface area (Å²) >= 11 is 0. The first-order valence-electron chi connectivity index (χ1n) is 22.4. The molecule has 0 fully saturated rings. The summed E-state index contributed by atoms with van der Waals surface area (Å²) in [5, 5.41) is 0. The summed E-state index contributed by atoms with van der Waals surface area (Å²) in [6.45, 7) is 0. The van der Waals surface area contributed by atoms with Crippen LogP contribution in [0.3, 0.4) is 0 Å². The molecule has 0 N–H and O–H groups in total. The molecule has 1 nitrogen and oxygen atoms in total. The Morgan fingerprint density at radius 1 is 0.200 bits per heavy atom. The van der Waals surface area contributed by atoms with E-state index in [2.05, 4.69) is 260 Å². The van der Waals surface area contributed by atoms with Gasteiger partial charge in [0.1, 0.15) is 0 Å². The van der Waals surface area contributed by atoms with Crippen LogP contribution < -0.4 is 0 Å². The van der Waals surface area contributed by atoms with E-state index in [-0.39, 0.29) is 5.92 Å². The van der Waals surface area contributed by atoms with Crippen molar-refractivity contribution in [1.29, 1.82) is 0 Å². The molecule has 1 aliphatic rings. The number of hydrogen-bond donors (Lipinski definition) is 0. The fourth-order valence-electron chi connectivity index (χ4n) is 9.54. The molecule has 1 aliphatic carbocycles. The molecule has 9 aromatic carbocycles. The second-order valence-corrected chi connectivity index (χ2v) is 16.6. The molecular weight excluding hydrogens is 783 g/mol. The Labute approximate surface area is 382 Å². The molecule has 0 bridgehead atoms. The molecule has 0 spiro atoms. The molecule has 0 atom stereocenters. The number of nitrogens with zero attached hydrogens (tertiary/aromatic N) is 1. The molecule has 0 amide bonds. The Morgan fingerprint density at radius 3 is 0.738 bits per heavy atom. The summed E-state index contributed by atoms with van der Waals surface area (Å²) < 4.78 is 0.